The number of benzene rings is 2. The Kier molecular flexibility index (Phi) is 8.30. The zero-order valence-corrected chi connectivity index (χ0v) is 17.7. The SMILES string of the molecule is C=CCOc1ccc(C(=O)NCCN2CCN(Cc3ccccc3)CC2)cc1OC. The van der Waals surface area contributed by atoms with E-state index in [0.29, 0.717) is 30.2 Å². The van der Waals surface area contributed by atoms with Crippen molar-refractivity contribution in [1.29, 1.82) is 0 Å². The molecule has 0 bridgehead atoms. The molecule has 0 radical (unpaired) electrons. The van der Waals surface area contributed by atoms with Gasteiger partial charge in [0.15, 0.2) is 11.5 Å². The van der Waals surface area contributed by atoms with Crippen molar-refractivity contribution in [2.45, 2.75) is 6.54 Å². The third-order valence-corrected chi connectivity index (χ3v) is 5.21. The maximum Gasteiger partial charge on any atom is 0.251 e. The van der Waals surface area contributed by atoms with Gasteiger partial charge in [0.05, 0.1) is 7.11 Å². The second kappa shape index (κ2) is 11.4. The van der Waals surface area contributed by atoms with E-state index in [-0.39, 0.29) is 5.91 Å². The van der Waals surface area contributed by atoms with Gasteiger partial charge in [-0.1, -0.05) is 43.0 Å². The summed E-state index contributed by atoms with van der Waals surface area (Å²) in [4.78, 5) is 17.4. The van der Waals surface area contributed by atoms with E-state index in [1.165, 1.54) is 5.56 Å². The Hall–Kier alpha value is -2.83. The Bertz CT molecular complexity index is 818. The summed E-state index contributed by atoms with van der Waals surface area (Å²) in [6.07, 6.45) is 1.67. The van der Waals surface area contributed by atoms with Crippen LogP contribution in [0.1, 0.15) is 15.9 Å². The van der Waals surface area contributed by atoms with Crippen LogP contribution in [0.3, 0.4) is 0 Å². The van der Waals surface area contributed by atoms with Crippen LogP contribution in [0.2, 0.25) is 0 Å². The zero-order valence-electron chi connectivity index (χ0n) is 17.7. The highest BCUT2D eigenvalue weighted by atomic mass is 16.5. The number of nitrogens with zero attached hydrogens (tertiary/aromatic N) is 2. The van der Waals surface area contributed by atoms with Crippen LogP contribution in [0, 0.1) is 0 Å². The van der Waals surface area contributed by atoms with E-state index in [1.54, 1.807) is 31.4 Å². The summed E-state index contributed by atoms with van der Waals surface area (Å²) >= 11 is 0. The van der Waals surface area contributed by atoms with E-state index < -0.39 is 0 Å². The minimum Gasteiger partial charge on any atom is -0.493 e. The van der Waals surface area contributed by atoms with Crippen molar-refractivity contribution in [3.05, 3.63) is 72.3 Å². The number of nitrogens with one attached hydrogen (secondary N) is 1. The quantitative estimate of drug-likeness (QED) is 0.612. The number of amides is 1. The molecule has 0 atom stereocenters. The maximum absolute atomic E-state index is 12.5. The smallest absolute Gasteiger partial charge is 0.251 e. The summed E-state index contributed by atoms with van der Waals surface area (Å²) in [5, 5.41) is 3.00. The van der Waals surface area contributed by atoms with Crippen LogP contribution >= 0.6 is 0 Å². The van der Waals surface area contributed by atoms with E-state index in [9.17, 15) is 4.79 Å². The predicted molar refractivity (Wildman–Crippen MR) is 119 cm³/mol. The number of ether oxygens (including phenoxy) is 2. The molecule has 0 unspecified atom stereocenters. The van der Waals surface area contributed by atoms with Crippen LogP contribution in [0.5, 0.6) is 11.5 Å². The summed E-state index contributed by atoms with van der Waals surface area (Å²) in [5.74, 6) is 1.03. The van der Waals surface area contributed by atoms with E-state index in [2.05, 4.69) is 52.0 Å². The summed E-state index contributed by atoms with van der Waals surface area (Å²) in [7, 11) is 1.56. The molecule has 30 heavy (non-hydrogen) atoms. The number of hydrogen-bond acceptors (Lipinski definition) is 5. The molecule has 1 N–H and O–H groups in total. The molecule has 2 aromatic rings. The Morgan fingerprint density at radius 1 is 1.07 bits per heavy atom. The van der Waals surface area contributed by atoms with Gasteiger partial charge in [-0.05, 0) is 23.8 Å². The van der Waals surface area contributed by atoms with Crippen molar-refractivity contribution in [2.24, 2.45) is 0 Å². The fraction of sp³-hybridized carbons (Fsp3) is 0.375. The van der Waals surface area contributed by atoms with E-state index >= 15 is 0 Å². The van der Waals surface area contributed by atoms with E-state index in [0.717, 1.165) is 39.3 Å². The Balaban J connectivity index is 1.40. The van der Waals surface area contributed by atoms with Gasteiger partial charge >= 0.3 is 0 Å². The van der Waals surface area contributed by atoms with Crippen LogP contribution in [0.25, 0.3) is 0 Å². The molecule has 160 valence electrons. The summed E-state index contributed by atoms with van der Waals surface area (Å²) in [5.41, 5.74) is 1.92. The molecule has 0 spiro atoms. The maximum atomic E-state index is 12.5. The van der Waals surface area contributed by atoms with Crippen LogP contribution in [-0.2, 0) is 6.54 Å². The molecule has 1 saturated heterocycles. The molecular weight excluding hydrogens is 378 g/mol. The minimum absolute atomic E-state index is 0.105. The van der Waals surface area contributed by atoms with E-state index in [4.69, 9.17) is 9.47 Å². The van der Waals surface area contributed by atoms with E-state index in [1.807, 2.05) is 0 Å². The first-order valence-electron chi connectivity index (χ1n) is 10.4. The average Bonchev–Trinajstić information content (AvgIpc) is 2.79. The first-order chi connectivity index (χ1) is 14.7. The largest absolute Gasteiger partial charge is 0.493 e. The lowest BCUT2D eigenvalue weighted by molar-refractivity contribution is 0.0933. The number of methoxy groups -OCH3 is 1. The Labute approximate surface area is 179 Å². The van der Waals surface area contributed by atoms with Gasteiger partial charge in [0.1, 0.15) is 6.61 Å². The molecule has 0 saturated carbocycles. The first kappa shape index (κ1) is 21.9. The van der Waals surface area contributed by atoms with Crippen molar-refractivity contribution < 1.29 is 14.3 Å². The molecule has 1 aliphatic rings. The lowest BCUT2D eigenvalue weighted by Gasteiger charge is -2.34. The van der Waals surface area contributed by atoms with Crippen molar-refractivity contribution in [1.82, 2.24) is 15.1 Å². The topological polar surface area (TPSA) is 54.0 Å². The molecule has 6 nitrogen and oxygen atoms in total. The van der Waals surface area contributed by atoms with Gasteiger partial charge in [-0.3, -0.25) is 14.6 Å². The minimum atomic E-state index is -0.105. The molecule has 3 rings (SSSR count). The van der Waals surface area contributed by atoms with Gasteiger partial charge in [-0.2, -0.15) is 0 Å². The number of carbonyl (C=O) groups is 1. The van der Waals surface area contributed by atoms with Crippen molar-refractivity contribution in [3.8, 4) is 11.5 Å². The summed E-state index contributed by atoms with van der Waals surface area (Å²) < 4.78 is 10.9. The summed E-state index contributed by atoms with van der Waals surface area (Å²) in [6, 6.07) is 15.8. The second-order valence-corrected chi connectivity index (χ2v) is 7.32. The van der Waals surface area contributed by atoms with Gasteiger partial charge in [0.25, 0.3) is 5.91 Å². The third kappa shape index (κ3) is 6.34. The van der Waals surface area contributed by atoms with Gasteiger partial charge in [-0.25, -0.2) is 0 Å². The van der Waals surface area contributed by atoms with Crippen LogP contribution in [0.15, 0.2) is 61.2 Å². The summed E-state index contributed by atoms with van der Waals surface area (Å²) in [6.45, 7) is 10.6. The van der Waals surface area contributed by atoms with Crippen molar-refractivity contribution in [3.63, 3.8) is 0 Å². The lowest BCUT2D eigenvalue weighted by atomic mass is 10.2. The number of hydrogen-bond donors (Lipinski definition) is 1. The van der Waals surface area contributed by atoms with Crippen molar-refractivity contribution >= 4 is 5.91 Å². The Morgan fingerprint density at radius 3 is 2.50 bits per heavy atom. The lowest BCUT2D eigenvalue weighted by Crippen LogP contribution is -2.48. The third-order valence-electron chi connectivity index (χ3n) is 5.21. The standard InChI is InChI=1S/C24H31N3O3/c1-3-17-30-22-10-9-21(18-23(22)29-2)24(28)25-11-12-26-13-15-27(16-14-26)19-20-7-5-4-6-8-20/h3-10,18H,1,11-17,19H2,2H3,(H,25,28). The highest BCUT2D eigenvalue weighted by Crippen LogP contribution is 2.28. The molecule has 1 aliphatic heterocycles. The first-order valence-corrected chi connectivity index (χ1v) is 10.4. The molecule has 2 aromatic carbocycles. The molecule has 0 aromatic heterocycles. The highest BCUT2D eigenvalue weighted by Gasteiger charge is 2.17. The Morgan fingerprint density at radius 2 is 1.80 bits per heavy atom. The molecular formula is C24H31N3O3. The molecule has 0 aliphatic carbocycles. The molecule has 1 heterocycles. The van der Waals surface area contributed by atoms with Crippen LogP contribution in [-0.4, -0.2) is 68.7 Å². The number of rotatable bonds is 10. The number of carbonyl (C=O) groups excluding carboxylic acids is 1. The molecule has 1 fully saturated rings. The fourth-order valence-corrected chi connectivity index (χ4v) is 3.52. The molecule has 6 heteroatoms. The van der Waals surface area contributed by atoms with Gasteiger partial charge in [0, 0.05) is 51.4 Å². The van der Waals surface area contributed by atoms with Crippen LogP contribution < -0.4 is 14.8 Å². The van der Waals surface area contributed by atoms with Crippen molar-refractivity contribution in [2.75, 3.05) is 53.0 Å². The number of piperazine rings is 1. The monoisotopic (exact) mass is 409 g/mol. The normalized spacial score (nSPS) is 14.8. The van der Waals surface area contributed by atoms with Gasteiger partial charge < -0.3 is 14.8 Å². The molecule has 1 amide bonds. The predicted octanol–water partition coefficient (Wildman–Crippen LogP) is 2.81. The second-order valence-electron chi connectivity index (χ2n) is 7.32. The van der Waals surface area contributed by atoms with Gasteiger partial charge in [-0.15, -0.1) is 0 Å². The zero-order chi connectivity index (χ0) is 21.2. The van der Waals surface area contributed by atoms with Crippen LogP contribution in [0.4, 0.5) is 0 Å². The highest BCUT2D eigenvalue weighted by molar-refractivity contribution is 5.94. The average molecular weight is 410 g/mol. The van der Waals surface area contributed by atoms with Gasteiger partial charge in [0.2, 0.25) is 0 Å². The fourth-order valence-electron chi connectivity index (χ4n) is 3.52.